The van der Waals surface area contributed by atoms with E-state index in [0.29, 0.717) is 22.7 Å². The van der Waals surface area contributed by atoms with Crippen molar-refractivity contribution in [3.05, 3.63) is 52.7 Å². The Kier molecular flexibility index (Phi) is 6.89. The van der Waals surface area contributed by atoms with E-state index in [1.54, 1.807) is 12.1 Å². The third kappa shape index (κ3) is 5.15. The molecule has 0 spiro atoms. The number of hydrogen-bond acceptors (Lipinski definition) is 5. The first kappa shape index (κ1) is 20.9. The molecule has 0 saturated carbocycles. The quantitative estimate of drug-likeness (QED) is 0.540. The molecule has 6 nitrogen and oxygen atoms in total. The van der Waals surface area contributed by atoms with Crippen molar-refractivity contribution in [2.75, 3.05) is 5.32 Å². The molecule has 1 atom stereocenters. The lowest BCUT2D eigenvalue weighted by Crippen LogP contribution is -2.25. The Hall–Kier alpha value is -2.85. The van der Waals surface area contributed by atoms with Gasteiger partial charge in [-0.2, -0.15) is 5.26 Å². The smallest absolute Gasteiger partial charge is 0.335 e. The number of nitrogens with one attached hydrogen (secondary N) is 1. The number of aromatic carboxylic acids is 1. The highest BCUT2D eigenvalue weighted by Crippen LogP contribution is 2.31. The average molecular weight is 410 g/mol. The van der Waals surface area contributed by atoms with Crippen LogP contribution in [0, 0.1) is 11.3 Å². The van der Waals surface area contributed by atoms with Crippen LogP contribution in [0.1, 0.15) is 59.8 Å². The van der Waals surface area contributed by atoms with Gasteiger partial charge in [0.05, 0.1) is 16.4 Å². The zero-order chi connectivity index (χ0) is 20.8. The number of benzene rings is 1. The van der Waals surface area contributed by atoms with Crippen LogP contribution in [0.4, 0.5) is 5.69 Å². The Morgan fingerprint density at radius 1 is 1.28 bits per heavy atom. The van der Waals surface area contributed by atoms with Gasteiger partial charge in [0, 0.05) is 11.4 Å². The minimum Gasteiger partial charge on any atom is -0.478 e. The molecule has 0 saturated heterocycles. The van der Waals surface area contributed by atoms with Gasteiger partial charge in [-0.15, -0.1) is 0 Å². The molecule has 7 heteroatoms. The lowest BCUT2D eigenvalue weighted by atomic mass is 10.1. The van der Waals surface area contributed by atoms with Crippen LogP contribution in [0.3, 0.4) is 0 Å². The van der Waals surface area contributed by atoms with E-state index in [1.807, 2.05) is 13.0 Å². The molecule has 0 radical (unpaired) electrons. The molecule has 1 aromatic heterocycles. The van der Waals surface area contributed by atoms with Gasteiger partial charge in [-0.25, -0.2) is 9.78 Å². The van der Waals surface area contributed by atoms with Gasteiger partial charge >= 0.3 is 5.97 Å². The Morgan fingerprint density at radius 2 is 2.07 bits per heavy atom. The first-order valence-corrected chi connectivity index (χ1v) is 10.6. The Balaban J connectivity index is 1.79. The zero-order valence-corrected chi connectivity index (χ0v) is 17.1. The molecule has 2 N–H and O–H groups in total. The number of carbonyl (C=O) groups excluding carboxylic acids is 1. The molecule has 3 rings (SSSR count). The van der Waals surface area contributed by atoms with Crippen molar-refractivity contribution in [2.24, 2.45) is 0 Å². The predicted molar refractivity (Wildman–Crippen MR) is 112 cm³/mol. The van der Waals surface area contributed by atoms with Crippen molar-refractivity contribution < 1.29 is 14.7 Å². The largest absolute Gasteiger partial charge is 0.478 e. The fourth-order valence-electron chi connectivity index (χ4n) is 3.37. The lowest BCUT2D eigenvalue weighted by Gasteiger charge is -2.16. The van der Waals surface area contributed by atoms with Crippen LogP contribution in [0.15, 0.2) is 35.4 Å². The summed E-state index contributed by atoms with van der Waals surface area (Å²) in [6, 6.07) is 10.3. The highest BCUT2D eigenvalue weighted by molar-refractivity contribution is 8.00. The molecule has 1 aliphatic carbocycles. The minimum absolute atomic E-state index is 0.114. The van der Waals surface area contributed by atoms with Crippen LogP contribution in [-0.2, 0) is 17.6 Å². The summed E-state index contributed by atoms with van der Waals surface area (Å²) >= 11 is 1.30. The van der Waals surface area contributed by atoms with E-state index in [4.69, 9.17) is 10.1 Å². The monoisotopic (exact) mass is 409 g/mol. The number of carbonyl (C=O) groups is 2. The van der Waals surface area contributed by atoms with Gasteiger partial charge in [0.15, 0.2) is 0 Å². The van der Waals surface area contributed by atoms with E-state index in [0.717, 1.165) is 43.4 Å². The molecule has 1 amide bonds. The van der Waals surface area contributed by atoms with Gasteiger partial charge < -0.3 is 10.4 Å². The topological polar surface area (TPSA) is 103 Å². The van der Waals surface area contributed by atoms with Crippen LogP contribution >= 0.6 is 11.8 Å². The molecule has 0 fully saturated rings. The lowest BCUT2D eigenvalue weighted by molar-refractivity contribution is -0.115. The van der Waals surface area contributed by atoms with Crippen LogP contribution in [-0.4, -0.2) is 27.2 Å². The number of aryl methyl sites for hydroxylation is 2. The summed E-state index contributed by atoms with van der Waals surface area (Å²) in [4.78, 5) is 28.7. The van der Waals surface area contributed by atoms with Crippen molar-refractivity contribution in [3.8, 4) is 6.07 Å². The summed E-state index contributed by atoms with van der Waals surface area (Å²) in [5.74, 6) is -1.28. The highest BCUT2D eigenvalue weighted by Gasteiger charge is 2.22. The van der Waals surface area contributed by atoms with E-state index < -0.39 is 11.2 Å². The summed E-state index contributed by atoms with van der Waals surface area (Å²) < 4.78 is 0. The number of carboxylic acids is 1. The molecule has 0 aliphatic heterocycles. The molecule has 1 aromatic carbocycles. The molecule has 29 heavy (non-hydrogen) atoms. The van der Waals surface area contributed by atoms with Crippen molar-refractivity contribution in [2.45, 2.75) is 55.7 Å². The number of nitrogens with zero attached hydrogens (tertiary/aromatic N) is 2. The third-order valence-corrected chi connectivity index (χ3v) is 6.30. The van der Waals surface area contributed by atoms with Crippen molar-refractivity contribution in [3.63, 3.8) is 0 Å². The summed E-state index contributed by atoms with van der Waals surface area (Å²) in [6.45, 7) is 1.90. The number of nitriles is 1. The Labute approximate surface area is 174 Å². The maximum Gasteiger partial charge on any atom is 0.335 e. The van der Waals surface area contributed by atoms with Gasteiger partial charge in [-0.3, -0.25) is 4.79 Å². The minimum atomic E-state index is -1.05. The summed E-state index contributed by atoms with van der Waals surface area (Å²) in [5.41, 5.74) is 3.24. The molecule has 0 bridgehead atoms. The normalized spacial score (nSPS) is 14.2. The molecular formula is C22H23N3O3S. The first-order valence-electron chi connectivity index (χ1n) is 9.75. The molecule has 1 heterocycles. The second-order valence-electron chi connectivity index (χ2n) is 7.01. The number of thioether (sulfide) groups is 1. The molecule has 1 unspecified atom stereocenters. The maximum absolute atomic E-state index is 12.8. The van der Waals surface area contributed by atoms with E-state index in [2.05, 4.69) is 11.4 Å². The second-order valence-corrected chi connectivity index (χ2v) is 8.20. The molecular weight excluding hydrogens is 386 g/mol. The predicted octanol–water partition coefficient (Wildman–Crippen LogP) is 4.43. The van der Waals surface area contributed by atoms with Gasteiger partial charge in [-0.1, -0.05) is 31.2 Å². The number of amides is 1. The number of aromatic nitrogens is 1. The zero-order valence-electron chi connectivity index (χ0n) is 16.3. The highest BCUT2D eigenvalue weighted by atomic mass is 32.2. The van der Waals surface area contributed by atoms with Gasteiger partial charge in [-0.05, 0) is 61.9 Å². The van der Waals surface area contributed by atoms with Gasteiger partial charge in [0.25, 0.3) is 0 Å². The van der Waals surface area contributed by atoms with E-state index in [-0.39, 0.29) is 11.5 Å². The number of fused-ring (bicyclic) bond motifs is 1. The van der Waals surface area contributed by atoms with Crippen molar-refractivity contribution in [1.29, 1.82) is 5.26 Å². The summed E-state index contributed by atoms with van der Waals surface area (Å²) in [5, 5.41) is 21.6. The van der Waals surface area contributed by atoms with Crippen LogP contribution in [0.2, 0.25) is 0 Å². The molecule has 1 aliphatic rings. The van der Waals surface area contributed by atoms with Crippen LogP contribution in [0.5, 0.6) is 0 Å². The maximum atomic E-state index is 12.8. The van der Waals surface area contributed by atoms with Crippen molar-refractivity contribution in [1.82, 2.24) is 4.98 Å². The number of carboxylic acid groups (broad SMARTS) is 1. The van der Waals surface area contributed by atoms with Gasteiger partial charge in [0.1, 0.15) is 11.1 Å². The first-order chi connectivity index (χ1) is 14.0. The molecule has 2 aromatic rings. The van der Waals surface area contributed by atoms with Crippen LogP contribution < -0.4 is 5.32 Å². The number of pyridine rings is 1. The summed E-state index contributed by atoms with van der Waals surface area (Å²) in [6.07, 6.45) is 5.77. The van der Waals surface area contributed by atoms with E-state index >= 15 is 0 Å². The average Bonchev–Trinajstić information content (AvgIpc) is 2.96. The molecule has 150 valence electrons. The number of rotatable bonds is 6. The standard InChI is InChI=1S/C22H23N3O3S/c1-2-19(20(26)24-17-9-6-8-15(12-17)22(27)28)29-21-16(13-23)11-14-7-4-3-5-10-18(14)25-21/h6,8-9,11-12,19H,2-5,7,10H2,1H3,(H,24,26)(H,27,28). The second kappa shape index (κ2) is 9.57. The van der Waals surface area contributed by atoms with E-state index in [9.17, 15) is 14.9 Å². The van der Waals surface area contributed by atoms with Crippen LogP contribution in [0.25, 0.3) is 0 Å². The SMILES string of the molecule is CCC(Sc1nc2c(cc1C#N)CCCCC2)C(=O)Nc1cccc(C(=O)O)c1. The van der Waals surface area contributed by atoms with E-state index in [1.165, 1.54) is 23.9 Å². The Bertz CT molecular complexity index is 968. The fourth-order valence-corrected chi connectivity index (χ4v) is 4.37. The van der Waals surface area contributed by atoms with Crippen molar-refractivity contribution >= 4 is 29.3 Å². The fraction of sp³-hybridized carbons (Fsp3) is 0.364. The number of hydrogen-bond donors (Lipinski definition) is 2. The Morgan fingerprint density at radius 3 is 2.79 bits per heavy atom. The summed E-state index contributed by atoms with van der Waals surface area (Å²) in [7, 11) is 0. The number of anilines is 1. The third-order valence-electron chi connectivity index (χ3n) is 4.93. The van der Waals surface area contributed by atoms with Gasteiger partial charge in [0.2, 0.25) is 5.91 Å².